The number of ether oxygens (including phenoxy) is 1. The van der Waals surface area contributed by atoms with E-state index in [-0.39, 0.29) is 35.5 Å². The zero-order chi connectivity index (χ0) is 20.6. The molecule has 5 nitrogen and oxygen atoms in total. The zero-order valence-electron chi connectivity index (χ0n) is 15.9. The highest BCUT2D eigenvalue weighted by Crippen LogP contribution is 2.65. The van der Waals surface area contributed by atoms with Crippen LogP contribution < -0.4 is 9.64 Å². The molecule has 1 heterocycles. The fourth-order valence-electron chi connectivity index (χ4n) is 5.63. The second kappa shape index (κ2) is 6.38. The van der Waals surface area contributed by atoms with Crippen LogP contribution in [-0.4, -0.2) is 17.8 Å². The summed E-state index contributed by atoms with van der Waals surface area (Å²) < 4.78 is 6.27. The summed E-state index contributed by atoms with van der Waals surface area (Å²) in [5.74, 6) is 0.874. The predicted octanol–water partition coefficient (Wildman–Crippen LogP) is 4.23. The highest BCUT2D eigenvalue weighted by molar-refractivity contribution is 9.10. The van der Waals surface area contributed by atoms with Crippen molar-refractivity contribution in [1.29, 1.82) is 0 Å². The van der Waals surface area contributed by atoms with Crippen LogP contribution in [0.5, 0.6) is 5.75 Å². The van der Waals surface area contributed by atoms with Crippen molar-refractivity contribution in [2.75, 3.05) is 4.90 Å². The van der Waals surface area contributed by atoms with Crippen molar-refractivity contribution in [2.24, 2.45) is 35.5 Å². The highest BCUT2D eigenvalue weighted by Gasteiger charge is 2.67. The van der Waals surface area contributed by atoms with Gasteiger partial charge in [0.25, 0.3) is 0 Å². The first-order valence-electron chi connectivity index (χ1n) is 10.2. The molecule has 0 radical (unpaired) electrons. The molecular formula is C24H18BrNO4. The van der Waals surface area contributed by atoms with Crippen LogP contribution in [0, 0.1) is 35.5 Å². The number of hydrogen-bond acceptors (Lipinski definition) is 4. The molecule has 2 saturated carbocycles. The van der Waals surface area contributed by atoms with Crippen LogP contribution in [0.4, 0.5) is 5.69 Å². The molecule has 2 bridgehead atoms. The third kappa shape index (κ3) is 2.56. The molecule has 1 saturated heterocycles. The number of allylic oxidation sites excluding steroid dienone is 2. The number of rotatable bonds is 3. The van der Waals surface area contributed by atoms with Crippen LogP contribution in [0.15, 0.2) is 65.2 Å². The number of halogens is 1. The van der Waals surface area contributed by atoms with Crippen LogP contribution >= 0.6 is 15.9 Å². The molecule has 2 aromatic rings. The van der Waals surface area contributed by atoms with Gasteiger partial charge in [-0.1, -0.05) is 28.1 Å². The van der Waals surface area contributed by atoms with Gasteiger partial charge in [0.1, 0.15) is 5.75 Å². The number of carbonyl (C=O) groups excluding carboxylic acids is 3. The molecule has 2 amide bonds. The minimum atomic E-state index is -0.487. The van der Waals surface area contributed by atoms with E-state index in [1.807, 2.05) is 0 Å². The van der Waals surface area contributed by atoms with Gasteiger partial charge in [-0.2, -0.15) is 0 Å². The van der Waals surface area contributed by atoms with Gasteiger partial charge in [-0.25, -0.2) is 4.79 Å². The lowest BCUT2D eigenvalue weighted by atomic mass is 9.63. The van der Waals surface area contributed by atoms with E-state index in [0.717, 1.165) is 10.9 Å². The molecular weight excluding hydrogens is 446 g/mol. The molecule has 30 heavy (non-hydrogen) atoms. The molecule has 0 aromatic heterocycles. The van der Waals surface area contributed by atoms with E-state index >= 15 is 0 Å². The SMILES string of the molecule is O=C(Oc1ccc(Br)cc1)c1ccc(N2C(=O)[C@@H]3[C@H]4C=C[C@@H]([C@@H]5C[C@@H]45)[C@@H]3C2=O)cc1. The third-order valence-electron chi connectivity index (χ3n) is 7.05. The maximum atomic E-state index is 13.2. The topological polar surface area (TPSA) is 63.7 Å². The highest BCUT2D eigenvalue weighted by atomic mass is 79.9. The predicted molar refractivity (Wildman–Crippen MR) is 113 cm³/mol. The van der Waals surface area contributed by atoms with Crippen molar-refractivity contribution < 1.29 is 19.1 Å². The summed E-state index contributed by atoms with van der Waals surface area (Å²) in [6.45, 7) is 0. The zero-order valence-corrected chi connectivity index (χ0v) is 17.5. The standard InChI is InChI=1S/C24H18BrNO4/c25-13-3-7-15(8-4-13)30-24(29)12-1-5-14(6-2-12)26-22(27)20-16-9-10-17(19-11-18(16)19)21(20)23(26)28/h1-10,16-21H,11H2/t16-,17-,18-,19-,20-,21+/m0/s1. The fourth-order valence-corrected chi connectivity index (χ4v) is 5.89. The van der Waals surface area contributed by atoms with Crippen molar-refractivity contribution in [3.05, 3.63) is 70.7 Å². The molecule has 0 unspecified atom stereocenters. The van der Waals surface area contributed by atoms with E-state index in [9.17, 15) is 14.4 Å². The smallest absolute Gasteiger partial charge is 0.343 e. The minimum Gasteiger partial charge on any atom is -0.423 e. The molecule has 5 aliphatic rings. The molecule has 150 valence electrons. The Morgan fingerprint density at radius 1 is 0.867 bits per heavy atom. The van der Waals surface area contributed by atoms with Crippen LogP contribution in [0.1, 0.15) is 16.8 Å². The number of benzene rings is 2. The van der Waals surface area contributed by atoms with Crippen LogP contribution in [0.3, 0.4) is 0 Å². The largest absolute Gasteiger partial charge is 0.423 e. The fraction of sp³-hybridized carbons (Fsp3) is 0.292. The number of hydrogen-bond donors (Lipinski definition) is 0. The number of anilines is 1. The van der Waals surface area contributed by atoms with E-state index < -0.39 is 5.97 Å². The van der Waals surface area contributed by atoms with Gasteiger partial charge in [0, 0.05) is 4.47 Å². The van der Waals surface area contributed by atoms with Gasteiger partial charge < -0.3 is 4.74 Å². The maximum Gasteiger partial charge on any atom is 0.343 e. The summed E-state index contributed by atoms with van der Waals surface area (Å²) in [6, 6.07) is 13.5. The van der Waals surface area contributed by atoms with Crippen molar-refractivity contribution in [3.8, 4) is 5.75 Å². The monoisotopic (exact) mass is 463 g/mol. The molecule has 0 N–H and O–H groups in total. The lowest BCUT2D eigenvalue weighted by Gasteiger charge is -2.37. The maximum absolute atomic E-state index is 13.2. The summed E-state index contributed by atoms with van der Waals surface area (Å²) in [7, 11) is 0. The number of imide groups is 1. The van der Waals surface area contributed by atoms with Gasteiger partial charge >= 0.3 is 5.97 Å². The van der Waals surface area contributed by atoms with Crippen LogP contribution in [-0.2, 0) is 9.59 Å². The Labute approximate surface area is 181 Å². The Kier molecular flexibility index (Phi) is 3.84. The minimum absolute atomic E-state index is 0.0973. The summed E-state index contributed by atoms with van der Waals surface area (Å²) in [5, 5.41) is 0. The van der Waals surface area contributed by atoms with Gasteiger partial charge in [0.2, 0.25) is 11.8 Å². The summed E-state index contributed by atoms with van der Waals surface area (Å²) >= 11 is 3.34. The lowest BCUT2D eigenvalue weighted by Crippen LogP contribution is -2.40. The molecule has 7 rings (SSSR count). The second-order valence-corrected chi connectivity index (χ2v) is 9.47. The van der Waals surface area contributed by atoms with E-state index in [0.29, 0.717) is 28.8 Å². The first-order chi connectivity index (χ1) is 14.5. The second-order valence-electron chi connectivity index (χ2n) is 8.56. The van der Waals surface area contributed by atoms with Crippen molar-refractivity contribution in [3.63, 3.8) is 0 Å². The Bertz CT molecular complexity index is 1070. The molecule has 4 aliphatic carbocycles. The average molecular weight is 464 g/mol. The summed E-state index contributed by atoms with van der Waals surface area (Å²) in [4.78, 5) is 40.1. The van der Waals surface area contributed by atoms with E-state index in [4.69, 9.17) is 4.74 Å². The average Bonchev–Trinajstić information content (AvgIpc) is 3.53. The van der Waals surface area contributed by atoms with Crippen molar-refractivity contribution in [1.82, 2.24) is 0 Å². The van der Waals surface area contributed by atoms with E-state index in [1.165, 1.54) is 4.90 Å². The van der Waals surface area contributed by atoms with Gasteiger partial charge in [-0.05, 0) is 78.6 Å². The Morgan fingerprint density at radius 2 is 1.43 bits per heavy atom. The normalized spacial score (nSPS) is 32.8. The Hall–Kier alpha value is -2.73. The molecule has 6 atom stereocenters. The summed E-state index contributed by atoms with van der Waals surface area (Å²) in [5.41, 5.74) is 0.883. The molecule has 2 aromatic carbocycles. The van der Waals surface area contributed by atoms with Crippen LogP contribution in [0.25, 0.3) is 0 Å². The lowest BCUT2D eigenvalue weighted by molar-refractivity contribution is -0.124. The molecule has 6 heteroatoms. The van der Waals surface area contributed by atoms with E-state index in [1.54, 1.807) is 48.5 Å². The first-order valence-corrected chi connectivity index (χ1v) is 11.0. The first kappa shape index (κ1) is 18.1. The summed E-state index contributed by atoms with van der Waals surface area (Å²) in [6.07, 6.45) is 5.47. The molecule has 0 spiro atoms. The van der Waals surface area contributed by atoms with Gasteiger partial charge in [0.05, 0.1) is 23.1 Å². The van der Waals surface area contributed by atoms with Gasteiger partial charge in [-0.3, -0.25) is 14.5 Å². The quantitative estimate of drug-likeness (QED) is 0.295. The van der Waals surface area contributed by atoms with Gasteiger partial charge in [0.15, 0.2) is 0 Å². The number of nitrogens with zero attached hydrogens (tertiary/aromatic N) is 1. The van der Waals surface area contributed by atoms with Crippen LogP contribution in [0.2, 0.25) is 0 Å². The number of esters is 1. The van der Waals surface area contributed by atoms with Gasteiger partial charge in [-0.15, -0.1) is 0 Å². The number of amides is 2. The Balaban J connectivity index is 1.23. The molecule has 1 aliphatic heterocycles. The van der Waals surface area contributed by atoms with E-state index in [2.05, 4.69) is 28.1 Å². The third-order valence-corrected chi connectivity index (χ3v) is 7.58. The number of carbonyl (C=O) groups is 3. The van der Waals surface area contributed by atoms with Crippen molar-refractivity contribution >= 4 is 39.4 Å². The molecule has 3 fully saturated rings. The Morgan fingerprint density at radius 3 is 2.00 bits per heavy atom. The van der Waals surface area contributed by atoms with Crippen molar-refractivity contribution in [2.45, 2.75) is 6.42 Å².